The van der Waals surface area contributed by atoms with Gasteiger partial charge in [0.1, 0.15) is 11.9 Å². The highest BCUT2D eigenvalue weighted by Crippen LogP contribution is 2.20. The van der Waals surface area contributed by atoms with E-state index < -0.39 is 30.0 Å². The van der Waals surface area contributed by atoms with Gasteiger partial charge in [-0.1, -0.05) is 18.2 Å². The highest BCUT2D eigenvalue weighted by atomic mass is 19.1. The number of carbonyl (C=O) groups excluding carboxylic acids is 1. The van der Waals surface area contributed by atoms with Crippen LogP contribution in [0, 0.1) is 5.82 Å². The molecule has 0 saturated carbocycles. The zero-order chi connectivity index (χ0) is 15.6. The number of amides is 2. The molecule has 1 heterocycles. The molecule has 6 nitrogen and oxygen atoms in total. The van der Waals surface area contributed by atoms with Crippen molar-refractivity contribution in [3.05, 3.63) is 35.6 Å². The van der Waals surface area contributed by atoms with Gasteiger partial charge in [-0.3, -0.25) is 0 Å². The van der Waals surface area contributed by atoms with E-state index in [4.69, 9.17) is 5.11 Å². The first kappa shape index (κ1) is 15.2. The summed E-state index contributed by atoms with van der Waals surface area (Å²) in [5.41, 5.74) is 0.347. The van der Waals surface area contributed by atoms with E-state index in [1.165, 1.54) is 18.0 Å². The van der Waals surface area contributed by atoms with Crippen LogP contribution in [-0.4, -0.2) is 57.8 Å². The van der Waals surface area contributed by atoms with Crippen LogP contribution in [0.1, 0.15) is 12.0 Å². The van der Waals surface area contributed by atoms with Gasteiger partial charge in [0.25, 0.3) is 0 Å². The summed E-state index contributed by atoms with van der Waals surface area (Å²) in [6.07, 6.45) is -0.842. The fraction of sp³-hybridized carbons (Fsp3) is 0.429. The predicted octanol–water partition coefficient (Wildman–Crippen LogP) is 0.897. The lowest BCUT2D eigenvalue weighted by Crippen LogP contribution is -2.46. The van der Waals surface area contributed by atoms with Crippen molar-refractivity contribution in [1.29, 1.82) is 0 Å². The molecule has 0 aromatic heterocycles. The molecule has 1 saturated heterocycles. The molecule has 1 aliphatic heterocycles. The molecule has 7 heteroatoms. The minimum Gasteiger partial charge on any atom is -0.480 e. The number of carboxylic acid groups (broad SMARTS) is 1. The summed E-state index contributed by atoms with van der Waals surface area (Å²) < 4.78 is 13.6. The minimum absolute atomic E-state index is 0.00854. The zero-order valence-corrected chi connectivity index (χ0v) is 11.6. The van der Waals surface area contributed by atoms with Gasteiger partial charge in [-0.05, 0) is 6.07 Å². The number of carbonyl (C=O) groups is 2. The molecular weight excluding hydrogens is 279 g/mol. The average molecular weight is 296 g/mol. The van der Waals surface area contributed by atoms with Crippen LogP contribution in [-0.2, 0) is 11.3 Å². The van der Waals surface area contributed by atoms with Crippen LogP contribution in [0.4, 0.5) is 9.18 Å². The third kappa shape index (κ3) is 3.30. The number of likely N-dealkylation sites (tertiary alicyclic amines) is 1. The van der Waals surface area contributed by atoms with Gasteiger partial charge in [0, 0.05) is 32.1 Å². The molecule has 0 radical (unpaired) electrons. The van der Waals surface area contributed by atoms with Crippen molar-refractivity contribution in [3.63, 3.8) is 0 Å². The molecular formula is C14H17FN2O4. The van der Waals surface area contributed by atoms with Crippen molar-refractivity contribution >= 4 is 12.0 Å². The fourth-order valence-electron chi connectivity index (χ4n) is 2.43. The number of carboxylic acids is 1. The standard InChI is InChI=1S/C14H17FN2O4/c1-16(7-9-4-2-3-5-11(9)15)14(21)17-8-10(18)6-12(17)13(19)20/h2-5,10,12,18H,6-8H2,1H3,(H,19,20)/t10?,12-/m0/s1. The predicted molar refractivity (Wildman–Crippen MR) is 72.0 cm³/mol. The van der Waals surface area contributed by atoms with Gasteiger partial charge in [-0.25, -0.2) is 14.0 Å². The number of β-amino-alcohol motifs (C(OH)–C–C–N with tert-alkyl or cyclic N) is 1. The summed E-state index contributed by atoms with van der Waals surface area (Å²) in [5.74, 6) is -1.58. The number of nitrogens with zero attached hydrogens (tertiary/aromatic N) is 2. The molecule has 1 fully saturated rings. The van der Waals surface area contributed by atoms with E-state index in [0.29, 0.717) is 5.56 Å². The third-order valence-electron chi connectivity index (χ3n) is 3.50. The van der Waals surface area contributed by atoms with Crippen LogP contribution in [0.15, 0.2) is 24.3 Å². The molecule has 2 atom stereocenters. The second-order valence-corrected chi connectivity index (χ2v) is 5.13. The van der Waals surface area contributed by atoms with Gasteiger partial charge < -0.3 is 20.0 Å². The average Bonchev–Trinajstić information content (AvgIpc) is 2.82. The number of rotatable bonds is 3. The third-order valence-corrected chi connectivity index (χ3v) is 3.50. The molecule has 1 aromatic carbocycles. The van der Waals surface area contributed by atoms with E-state index >= 15 is 0 Å². The van der Waals surface area contributed by atoms with Gasteiger partial charge in [0.05, 0.1) is 6.10 Å². The van der Waals surface area contributed by atoms with Gasteiger partial charge in [-0.2, -0.15) is 0 Å². The maximum atomic E-state index is 13.6. The molecule has 21 heavy (non-hydrogen) atoms. The lowest BCUT2D eigenvalue weighted by Gasteiger charge is -2.27. The smallest absolute Gasteiger partial charge is 0.326 e. The monoisotopic (exact) mass is 296 g/mol. The molecule has 2 rings (SSSR count). The van der Waals surface area contributed by atoms with Crippen molar-refractivity contribution < 1.29 is 24.2 Å². The van der Waals surface area contributed by atoms with Crippen molar-refractivity contribution in [2.45, 2.75) is 25.1 Å². The van der Waals surface area contributed by atoms with Gasteiger partial charge in [0.15, 0.2) is 0 Å². The number of hydrogen-bond donors (Lipinski definition) is 2. The summed E-state index contributed by atoms with van der Waals surface area (Å²) in [7, 11) is 1.47. The maximum absolute atomic E-state index is 13.6. The Balaban J connectivity index is 2.08. The second-order valence-electron chi connectivity index (χ2n) is 5.13. The fourth-order valence-corrected chi connectivity index (χ4v) is 2.43. The molecule has 1 unspecified atom stereocenters. The Bertz CT molecular complexity index is 552. The highest BCUT2D eigenvalue weighted by molar-refractivity contribution is 5.83. The normalized spacial score (nSPS) is 21.4. The second kappa shape index (κ2) is 6.09. The minimum atomic E-state index is -1.15. The van der Waals surface area contributed by atoms with E-state index in [1.54, 1.807) is 18.2 Å². The van der Waals surface area contributed by atoms with Gasteiger partial charge in [-0.15, -0.1) is 0 Å². The van der Waals surface area contributed by atoms with Gasteiger partial charge in [0.2, 0.25) is 0 Å². The summed E-state index contributed by atoms with van der Waals surface area (Å²) in [6, 6.07) is 4.49. The topological polar surface area (TPSA) is 81.1 Å². The number of benzene rings is 1. The van der Waals surface area contributed by atoms with Crippen molar-refractivity contribution in [3.8, 4) is 0 Å². The zero-order valence-electron chi connectivity index (χ0n) is 11.6. The molecule has 2 N–H and O–H groups in total. The Morgan fingerprint density at radius 1 is 1.43 bits per heavy atom. The van der Waals surface area contributed by atoms with Crippen molar-refractivity contribution in [1.82, 2.24) is 9.80 Å². The quantitative estimate of drug-likeness (QED) is 0.868. The van der Waals surface area contributed by atoms with Crippen LogP contribution in [0.3, 0.4) is 0 Å². The molecule has 0 aliphatic carbocycles. The highest BCUT2D eigenvalue weighted by Gasteiger charge is 2.40. The number of aliphatic hydroxyl groups excluding tert-OH is 1. The number of hydrogen-bond acceptors (Lipinski definition) is 3. The largest absolute Gasteiger partial charge is 0.480 e. The van der Waals surface area contributed by atoms with Crippen molar-refractivity contribution in [2.24, 2.45) is 0 Å². The van der Waals surface area contributed by atoms with E-state index in [0.717, 1.165) is 4.90 Å². The molecule has 0 spiro atoms. The van der Waals surface area contributed by atoms with E-state index in [9.17, 15) is 19.1 Å². The first-order chi connectivity index (χ1) is 9.90. The first-order valence-corrected chi connectivity index (χ1v) is 6.56. The summed E-state index contributed by atoms with van der Waals surface area (Å²) in [5, 5.41) is 18.6. The Morgan fingerprint density at radius 3 is 2.71 bits per heavy atom. The maximum Gasteiger partial charge on any atom is 0.326 e. The lowest BCUT2D eigenvalue weighted by atomic mass is 10.2. The van der Waals surface area contributed by atoms with E-state index in [2.05, 4.69) is 0 Å². The summed E-state index contributed by atoms with van der Waals surface area (Å²) >= 11 is 0. The van der Waals surface area contributed by atoms with Crippen LogP contribution in [0.2, 0.25) is 0 Å². The van der Waals surface area contributed by atoms with Crippen LogP contribution >= 0.6 is 0 Å². The molecule has 0 bridgehead atoms. The Hall–Kier alpha value is -2.15. The lowest BCUT2D eigenvalue weighted by molar-refractivity contribution is -0.141. The van der Waals surface area contributed by atoms with Gasteiger partial charge >= 0.3 is 12.0 Å². The SMILES string of the molecule is CN(Cc1ccccc1F)C(=O)N1CC(O)C[C@H]1C(=O)O. The number of urea groups is 1. The summed E-state index contributed by atoms with van der Waals surface area (Å²) in [4.78, 5) is 25.7. The van der Waals surface area contributed by atoms with Crippen LogP contribution in [0.5, 0.6) is 0 Å². The number of halogens is 1. The Kier molecular flexibility index (Phi) is 4.42. The summed E-state index contributed by atoms with van der Waals surface area (Å²) in [6.45, 7) is 0.00184. The van der Waals surface area contributed by atoms with Crippen LogP contribution in [0.25, 0.3) is 0 Å². The molecule has 2 amide bonds. The first-order valence-electron chi connectivity index (χ1n) is 6.56. The Labute approximate surface area is 121 Å². The Morgan fingerprint density at radius 2 is 2.10 bits per heavy atom. The number of aliphatic hydroxyl groups is 1. The molecule has 114 valence electrons. The number of aliphatic carboxylic acids is 1. The molecule has 1 aromatic rings. The van der Waals surface area contributed by atoms with Crippen LogP contribution < -0.4 is 0 Å². The molecule has 1 aliphatic rings. The van der Waals surface area contributed by atoms with E-state index in [-0.39, 0.29) is 19.5 Å². The van der Waals surface area contributed by atoms with E-state index in [1.807, 2.05) is 0 Å². The van der Waals surface area contributed by atoms with Crippen molar-refractivity contribution in [2.75, 3.05) is 13.6 Å².